The Morgan fingerprint density at radius 3 is 3.12 bits per heavy atom. The zero-order valence-electron chi connectivity index (χ0n) is 14.5. The van der Waals surface area contributed by atoms with E-state index in [0.29, 0.717) is 19.7 Å². The molecule has 0 saturated carbocycles. The monoisotopic (exact) mass is 340 g/mol. The number of ether oxygens (including phenoxy) is 1. The number of morpholine rings is 1. The summed E-state index contributed by atoms with van der Waals surface area (Å²) in [6, 6.07) is 8.49. The van der Waals surface area contributed by atoms with Crippen LogP contribution in [0.3, 0.4) is 0 Å². The number of hydrogen-bond acceptors (Lipinski definition) is 3. The summed E-state index contributed by atoms with van der Waals surface area (Å²) < 4.78 is 7.74. The van der Waals surface area contributed by atoms with Crippen LogP contribution in [0.25, 0.3) is 0 Å². The van der Waals surface area contributed by atoms with Gasteiger partial charge in [0.2, 0.25) is 0 Å². The van der Waals surface area contributed by atoms with E-state index >= 15 is 0 Å². The molecule has 0 spiro atoms. The van der Waals surface area contributed by atoms with E-state index in [2.05, 4.69) is 35.5 Å². The van der Waals surface area contributed by atoms with Gasteiger partial charge >= 0.3 is 6.03 Å². The molecule has 25 heavy (non-hydrogen) atoms. The molecular weight excluding hydrogens is 316 g/mol. The number of nitrogens with one attached hydrogen (secondary N) is 1. The van der Waals surface area contributed by atoms with Crippen LogP contribution >= 0.6 is 0 Å². The van der Waals surface area contributed by atoms with Crippen molar-refractivity contribution < 1.29 is 9.53 Å². The van der Waals surface area contributed by atoms with Crippen molar-refractivity contribution in [1.29, 1.82) is 0 Å². The maximum absolute atomic E-state index is 12.7. The lowest BCUT2D eigenvalue weighted by Crippen LogP contribution is -2.47. The molecule has 0 radical (unpaired) electrons. The summed E-state index contributed by atoms with van der Waals surface area (Å²) in [6.07, 6.45) is 5.74. The van der Waals surface area contributed by atoms with Gasteiger partial charge in [-0.25, -0.2) is 4.79 Å². The molecule has 132 valence electrons. The fourth-order valence-electron chi connectivity index (χ4n) is 3.70. The average molecular weight is 340 g/mol. The summed E-state index contributed by atoms with van der Waals surface area (Å²) in [5.74, 6) is 0. The lowest BCUT2D eigenvalue weighted by molar-refractivity contribution is -0.0158. The zero-order valence-corrected chi connectivity index (χ0v) is 14.5. The third-order valence-corrected chi connectivity index (χ3v) is 5.13. The van der Waals surface area contributed by atoms with Crippen molar-refractivity contribution >= 4 is 6.03 Å². The van der Waals surface area contributed by atoms with Gasteiger partial charge in [-0.05, 0) is 30.9 Å². The summed E-state index contributed by atoms with van der Waals surface area (Å²) in [4.78, 5) is 14.6. The van der Waals surface area contributed by atoms with E-state index in [1.165, 1.54) is 11.1 Å². The Bertz CT molecular complexity index is 757. The van der Waals surface area contributed by atoms with Crippen LogP contribution < -0.4 is 5.32 Å². The van der Waals surface area contributed by atoms with Gasteiger partial charge in [-0.15, -0.1) is 0 Å². The molecule has 0 unspecified atom stereocenters. The number of carbonyl (C=O) groups is 1. The molecule has 1 aromatic heterocycles. The van der Waals surface area contributed by atoms with Gasteiger partial charge in [0.15, 0.2) is 0 Å². The predicted molar refractivity (Wildman–Crippen MR) is 94.2 cm³/mol. The van der Waals surface area contributed by atoms with Crippen LogP contribution in [0.15, 0.2) is 36.7 Å². The number of rotatable bonds is 3. The van der Waals surface area contributed by atoms with Crippen molar-refractivity contribution in [2.45, 2.75) is 38.5 Å². The van der Waals surface area contributed by atoms with Crippen molar-refractivity contribution in [3.8, 4) is 0 Å². The maximum atomic E-state index is 12.7. The number of fused-ring (bicyclic) bond motifs is 1. The summed E-state index contributed by atoms with van der Waals surface area (Å²) in [5, 5.41) is 7.51. The number of urea groups is 1. The second-order valence-electron chi connectivity index (χ2n) is 6.67. The molecule has 1 fully saturated rings. The highest BCUT2D eigenvalue weighted by Crippen LogP contribution is 2.31. The second-order valence-corrected chi connectivity index (χ2v) is 6.67. The van der Waals surface area contributed by atoms with Crippen LogP contribution in [-0.4, -0.2) is 40.4 Å². The first kappa shape index (κ1) is 16.1. The SMILES string of the molecule is CCn1cc([C@H]2CN(C(=O)N[C@H]3CCc4ccccc43)CCO2)cn1. The van der Waals surface area contributed by atoms with Crippen molar-refractivity contribution in [3.63, 3.8) is 0 Å². The number of aromatic nitrogens is 2. The fraction of sp³-hybridized carbons (Fsp3) is 0.474. The number of aryl methyl sites for hydroxylation is 2. The molecule has 4 rings (SSSR count). The van der Waals surface area contributed by atoms with Gasteiger partial charge in [0.1, 0.15) is 6.10 Å². The minimum atomic E-state index is -0.101. The molecule has 1 aliphatic heterocycles. The van der Waals surface area contributed by atoms with E-state index in [4.69, 9.17) is 4.74 Å². The van der Waals surface area contributed by atoms with E-state index in [-0.39, 0.29) is 18.2 Å². The van der Waals surface area contributed by atoms with Crippen molar-refractivity contribution in [2.75, 3.05) is 19.7 Å². The topological polar surface area (TPSA) is 59.4 Å². The van der Waals surface area contributed by atoms with Crippen molar-refractivity contribution in [1.82, 2.24) is 20.0 Å². The molecule has 0 bridgehead atoms. The Labute approximate surface area is 147 Å². The molecule has 1 saturated heterocycles. The van der Waals surface area contributed by atoms with Crippen LogP contribution in [0.2, 0.25) is 0 Å². The number of carbonyl (C=O) groups excluding carboxylic acids is 1. The Hall–Kier alpha value is -2.34. The number of nitrogens with zero attached hydrogens (tertiary/aromatic N) is 3. The average Bonchev–Trinajstić information content (AvgIpc) is 3.29. The van der Waals surface area contributed by atoms with Crippen LogP contribution in [0, 0.1) is 0 Å². The van der Waals surface area contributed by atoms with Gasteiger partial charge in [0.25, 0.3) is 0 Å². The molecule has 2 aromatic rings. The van der Waals surface area contributed by atoms with Gasteiger partial charge in [0, 0.05) is 24.8 Å². The first-order chi connectivity index (χ1) is 12.2. The summed E-state index contributed by atoms with van der Waals surface area (Å²) >= 11 is 0. The highest BCUT2D eigenvalue weighted by Gasteiger charge is 2.29. The normalized spacial score (nSPS) is 22.7. The van der Waals surface area contributed by atoms with Crippen LogP contribution in [0.1, 0.15) is 42.2 Å². The minimum absolute atomic E-state index is 0.00196. The molecule has 2 amide bonds. The van der Waals surface area contributed by atoms with E-state index < -0.39 is 0 Å². The molecule has 2 atom stereocenters. The fourth-order valence-corrected chi connectivity index (χ4v) is 3.70. The van der Waals surface area contributed by atoms with Crippen LogP contribution in [0.5, 0.6) is 0 Å². The third kappa shape index (κ3) is 3.26. The lowest BCUT2D eigenvalue weighted by Gasteiger charge is -2.33. The Balaban J connectivity index is 1.40. The largest absolute Gasteiger partial charge is 0.370 e. The van der Waals surface area contributed by atoms with Gasteiger partial charge in [-0.1, -0.05) is 24.3 Å². The number of hydrogen-bond donors (Lipinski definition) is 1. The summed E-state index contributed by atoms with van der Waals surface area (Å²) in [6.45, 7) is 4.63. The van der Waals surface area contributed by atoms with E-state index in [1.807, 2.05) is 28.0 Å². The predicted octanol–water partition coefficient (Wildman–Crippen LogP) is 2.67. The Kier molecular flexibility index (Phi) is 4.44. The zero-order chi connectivity index (χ0) is 17.2. The van der Waals surface area contributed by atoms with Crippen molar-refractivity contribution in [3.05, 3.63) is 53.3 Å². The molecule has 1 aromatic carbocycles. The first-order valence-corrected chi connectivity index (χ1v) is 9.02. The number of benzene rings is 1. The second kappa shape index (κ2) is 6.88. The smallest absolute Gasteiger partial charge is 0.318 e. The highest BCUT2D eigenvalue weighted by molar-refractivity contribution is 5.75. The first-order valence-electron chi connectivity index (χ1n) is 9.02. The molecule has 2 heterocycles. The standard InChI is InChI=1S/C19H24N4O2/c1-2-23-12-15(11-20-23)18-13-22(9-10-25-18)19(24)21-17-8-7-14-5-3-4-6-16(14)17/h3-6,11-12,17-18H,2,7-10,13H2,1H3,(H,21,24)/t17-,18+/m0/s1. The molecule has 2 aliphatic rings. The Morgan fingerprint density at radius 1 is 1.40 bits per heavy atom. The minimum Gasteiger partial charge on any atom is -0.370 e. The van der Waals surface area contributed by atoms with Gasteiger partial charge < -0.3 is 15.0 Å². The molecular formula is C19H24N4O2. The molecule has 1 aliphatic carbocycles. The summed E-state index contributed by atoms with van der Waals surface area (Å²) in [5.41, 5.74) is 3.63. The van der Waals surface area contributed by atoms with E-state index in [0.717, 1.165) is 24.9 Å². The highest BCUT2D eigenvalue weighted by atomic mass is 16.5. The Morgan fingerprint density at radius 2 is 2.28 bits per heavy atom. The van der Waals surface area contributed by atoms with E-state index in [9.17, 15) is 4.79 Å². The van der Waals surface area contributed by atoms with Crippen molar-refractivity contribution in [2.24, 2.45) is 0 Å². The maximum Gasteiger partial charge on any atom is 0.318 e. The van der Waals surface area contributed by atoms with Crippen LogP contribution in [0.4, 0.5) is 4.79 Å². The quantitative estimate of drug-likeness (QED) is 0.934. The molecule has 6 heteroatoms. The number of amides is 2. The van der Waals surface area contributed by atoms with Gasteiger partial charge in [-0.2, -0.15) is 5.10 Å². The van der Waals surface area contributed by atoms with E-state index in [1.54, 1.807) is 0 Å². The van der Waals surface area contributed by atoms with Crippen LogP contribution in [-0.2, 0) is 17.7 Å². The summed E-state index contributed by atoms with van der Waals surface area (Å²) in [7, 11) is 0. The molecule has 1 N–H and O–H groups in total. The third-order valence-electron chi connectivity index (χ3n) is 5.13. The van der Waals surface area contributed by atoms with Gasteiger partial charge in [-0.3, -0.25) is 4.68 Å². The lowest BCUT2D eigenvalue weighted by atomic mass is 10.1. The molecule has 6 nitrogen and oxygen atoms in total. The van der Waals surface area contributed by atoms with Gasteiger partial charge in [0.05, 0.1) is 25.4 Å².